The molecule has 1 aromatic heterocycles. The monoisotopic (exact) mass is 843 g/mol. The summed E-state index contributed by atoms with van der Waals surface area (Å²) in [6.45, 7) is 13.5. The van der Waals surface area contributed by atoms with E-state index in [1.807, 2.05) is 6.07 Å². The van der Waals surface area contributed by atoms with Crippen molar-refractivity contribution in [2.75, 3.05) is 33.0 Å². The van der Waals surface area contributed by atoms with Gasteiger partial charge in [-0.3, -0.25) is 0 Å². The van der Waals surface area contributed by atoms with Gasteiger partial charge in [-0.15, -0.1) is 0 Å². The number of hydrogen-bond acceptors (Lipinski definition) is 7. The normalized spacial score (nSPS) is 11.9. The lowest BCUT2D eigenvalue weighted by Crippen LogP contribution is -2.04. The molecule has 0 bridgehead atoms. The standard InChI is InChI=1S/C51H64F3NO6/c1-6-11-16-25-56-42-30-37-38-31-44(58-27-18-13-8-3)45(59-28-19-14-9-4)33-40(38)47-41(39(37)32-43(42)57-26-17-12-7-2)34-46(60-29-20-15-10-5)49-48(47)55-50(61-49)35-21-23-36(24-22-35)51(52,53)54/h21-24,30-34H,6-20,25-29H2,1-5H3. The van der Waals surface area contributed by atoms with Crippen molar-refractivity contribution < 1.29 is 41.3 Å². The maximum absolute atomic E-state index is 13.6. The fourth-order valence-electron chi connectivity index (χ4n) is 7.69. The summed E-state index contributed by atoms with van der Waals surface area (Å²) in [5.41, 5.74) is 0.658. The van der Waals surface area contributed by atoms with Gasteiger partial charge in [-0.1, -0.05) is 98.8 Å². The molecule has 10 heteroatoms. The molecule has 0 aliphatic heterocycles. The second kappa shape index (κ2) is 22.3. The number of nitrogens with zero attached hydrogens (tertiary/aromatic N) is 1. The Hall–Kier alpha value is -4.86. The zero-order valence-corrected chi connectivity index (χ0v) is 36.9. The first-order valence-electron chi connectivity index (χ1n) is 22.9. The average molecular weight is 844 g/mol. The van der Waals surface area contributed by atoms with E-state index in [4.69, 9.17) is 33.1 Å². The fourth-order valence-corrected chi connectivity index (χ4v) is 7.69. The molecule has 0 atom stereocenters. The van der Waals surface area contributed by atoms with Gasteiger partial charge < -0.3 is 28.1 Å². The molecule has 330 valence electrons. The van der Waals surface area contributed by atoms with Gasteiger partial charge in [0.15, 0.2) is 34.3 Å². The highest BCUT2D eigenvalue weighted by Gasteiger charge is 2.30. The lowest BCUT2D eigenvalue weighted by atomic mass is 9.92. The summed E-state index contributed by atoms with van der Waals surface area (Å²) >= 11 is 0. The van der Waals surface area contributed by atoms with Gasteiger partial charge in [0.25, 0.3) is 0 Å². The number of benzene rings is 5. The van der Waals surface area contributed by atoms with E-state index in [9.17, 15) is 13.2 Å². The second-order valence-electron chi connectivity index (χ2n) is 16.0. The minimum absolute atomic E-state index is 0.200. The van der Waals surface area contributed by atoms with E-state index < -0.39 is 11.7 Å². The van der Waals surface area contributed by atoms with Crippen LogP contribution in [-0.2, 0) is 6.18 Å². The third-order valence-electron chi connectivity index (χ3n) is 11.1. The molecular formula is C51H64F3NO6. The average Bonchev–Trinajstić information content (AvgIpc) is 3.71. The predicted octanol–water partition coefficient (Wildman–Crippen LogP) is 15.8. The Balaban J connectivity index is 1.67. The van der Waals surface area contributed by atoms with Crippen molar-refractivity contribution in [3.63, 3.8) is 0 Å². The number of halogens is 3. The van der Waals surface area contributed by atoms with Crippen molar-refractivity contribution in [1.29, 1.82) is 0 Å². The highest BCUT2D eigenvalue weighted by atomic mass is 19.4. The highest BCUT2D eigenvalue weighted by Crippen LogP contribution is 2.49. The Morgan fingerprint density at radius 2 is 0.803 bits per heavy atom. The van der Waals surface area contributed by atoms with E-state index in [1.54, 1.807) is 0 Å². The molecule has 0 amide bonds. The smallest absolute Gasteiger partial charge is 0.416 e. The molecule has 6 rings (SSSR count). The summed E-state index contributed by atoms with van der Waals surface area (Å²) < 4.78 is 80.0. The van der Waals surface area contributed by atoms with Gasteiger partial charge in [-0.05, 0) is 114 Å². The van der Waals surface area contributed by atoms with E-state index in [1.165, 1.54) is 12.1 Å². The minimum atomic E-state index is -4.47. The number of hydrogen-bond donors (Lipinski definition) is 0. The van der Waals surface area contributed by atoms with Crippen LogP contribution in [0.4, 0.5) is 13.2 Å². The molecule has 0 unspecified atom stereocenters. The van der Waals surface area contributed by atoms with Crippen molar-refractivity contribution in [2.45, 2.75) is 137 Å². The van der Waals surface area contributed by atoms with E-state index in [2.05, 4.69) is 58.9 Å². The maximum atomic E-state index is 13.6. The van der Waals surface area contributed by atoms with E-state index in [-0.39, 0.29) is 5.89 Å². The van der Waals surface area contributed by atoms with Crippen LogP contribution in [0.15, 0.2) is 59.0 Å². The number of ether oxygens (including phenoxy) is 5. The molecule has 0 fully saturated rings. The third kappa shape index (κ3) is 11.3. The molecule has 0 aliphatic carbocycles. The number of alkyl halides is 3. The van der Waals surface area contributed by atoms with Crippen LogP contribution in [0.25, 0.3) is 54.9 Å². The van der Waals surface area contributed by atoms with Crippen LogP contribution < -0.4 is 23.7 Å². The molecule has 0 radical (unpaired) electrons. The number of fused-ring (bicyclic) bond motifs is 8. The van der Waals surface area contributed by atoms with Crippen LogP contribution in [0.3, 0.4) is 0 Å². The van der Waals surface area contributed by atoms with E-state index in [0.29, 0.717) is 78.4 Å². The van der Waals surface area contributed by atoms with Crippen molar-refractivity contribution in [1.82, 2.24) is 4.98 Å². The summed E-state index contributed by atoms with van der Waals surface area (Å²) in [5.74, 6) is 3.39. The van der Waals surface area contributed by atoms with Gasteiger partial charge in [0, 0.05) is 10.9 Å². The lowest BCUT2D eigenvalue weighted by molar-refractivity contribution is -0.137. The fraction of sp³-hybridized carbons (Fsp3) is 0.510. The summed E-state index contributed by atoms with van der Waals surface area (Å²) in [5, 5.41) is 5.34. The molecular weight excluding hydrogens is 780 g/mol. The molecule has 0 saturated heterocycles. The molecule has 61 heavy (non-hydrogen) atoms. The maximum Gasteiger partial charge on any atom is 0.416 e. The van der Waals surface area contributed by atoms with Crippen LogP contribution in [0.2, 0.25) is 0 Å². The Kier molecular flexibility index (Phi) is 16.7. The van der Waals surface area contributed by atoms with Crippen LogP contribution in [0.5, 0.6) is 28.7 Å². The molecule has 0 spiro atoms. The van der Waals surface area contributed by atoms with Crippen molar-refractivity contribution in [3.8, 4) is 40.2 Å². The van der Waals surface area contributed by atoms with Gasteiger partial charge in [-0.2, -0.15) is 13.2 Å². The summed E-state index contributed by atoms with van der Waals surface area (Å²) in [6.07, 6.45) is 10.6. The van der Waals surface area contributed by atoms with Gasteiger partial charge in [-0.25, -0.2) is 4.98 Å². The Morgan fingerprint density at radius 3 is 1.18 bits per heavy atom. The van der Waals surface area contributed by atoms with Crippen molar-refractivity contribution in [3.05, 3.63) is 60.2 Å². The Labute approximate surface area is 359 Å². The number of rotatable bonds is 26. The zero-order chi connectivity index (χ0) is 43.2. The second-order valence-corrected chi connectivity index (χ2v) is 16.0. The van der Waals surface area contributed by atoms with E-state index in [0.717, 1.165) is 141 Å². The molecule has 0 N–H and O–H groups in total. The number of oxazole rings is 1. The minimum Gasteiger partial charge on any atom is -0.490 e. The van der Waals surface area contributed by atoms with Crippen molar-refractivity contribution in [2.24, 2.45) is 0 Å². The topological polar surface area (TPSA) is 72.2 Å². The number of unbranched alkanes of at least 4 members (excludes halogenated alkanes) is 10. The first kappa shape index (κ1) is 45.7. The molecule has 7 nitrogen and oxygen atoms in total. The van der Waals surface area contributed by atoms with Crippen molar-refractivity contribution >= 4 is 43.4 Å². The Bertz CT molecular complexity index is 2270. The van der Waals surface area contributed by atoms with Gasteiger partial charge in [0.05, 0.1) is 38.6 Å². The van der Waals surface area contributed by atoms with Crippen LogP contribution in [0, 0.1) is 0 Å². The summed E-state index contributed by atoms with van der Waals surface area (Å²) in [4.78, 5) is 5.09. The first-order valence-corrected chi connectivity index (χ1v) is 22.9. The highest BCUT2D eigenvalue weighted by molar-refractivity contribution is 6.32. The van der Waals surface area contributed by atoms with E-state index >= 15 is 0 Å². The SMILES string of the molecule is CCCCCOc1cc2c3cc(OCCCCC)c(OCCCCC)cc3c3c(cc(OCCCCC)c4oc(-c5ccc(C(F)(F)F)cc5)nc43)c2cc1OCCCCC. The van der Waals surface area contributed by atoms with Crippen LogP contribution >= 0.6 is 0 Å². The molecule has 1 heterocycles. The summed E-state index contributed by atoms with van der Waals surface area (Å²) in [7, 11) is 0. The molecule has 0 saturated carbocycles. The predicted molar refractivity (Wildman–Crippen MR) is 242 cm³/mol. The quantitative estimate of drug-likeness (QED) is 0.0398. The third-order valence-corrected chi connectivity index (χ3v) is 11.1. The van der Waals surface area contributed by atoms with Gasteiger partial charge in [0.2, 0.25) is 5.89 Å². The van der Waals surface area contributed by atoms with Gasteiger partial charge >= 0.3 is 6.18 Å². The largest absolute Gasteiger partial charge is 0.490 e. The lowest BCUT2D eigenvalue weighted by Gasteiger charge is -2.20. The zero-order valence-electron chi connectivity index (χ0n) is 36.9. The Morgan fingerprint density at radius 1 is 0.459 bits per heavy atom. The summed E-state index contributed by atoms with van der Waals surface area (Å²) in [6, 6.07) is 15.3. The van der Waals surface area contributed by atoms with Gasteiger partial charge in [0.1, 0.15) is 5.52 Å². The molecule has 0 aliphatic rings. The molecule has 5 aromatic carbocycles. The first-order chi connectivity index (χ1) is 29.7. The molecule has 6 aromatic rings. The van der Waals surface area contributed by atoms with Crippen LogP contribution in [0.1, 0.15) is 136 Å². The number of aromatic nitrogens is 1. The van der Waals surface area contributed by atoms with Crippen LogP contribution in [-0.4, -0.2) is 38.0 Å².